The molecule has 0 spiro atoms. The Hall–Kier alpha value is -1.35. The topological polar surface area (TPSA) is 41.1 Å². The molecule has 1 aromatic rings. The summed E-state index contributed by atoms with van der Waals surface area (Å²) in [6.45, 7) is 3.78. The van der Waals surface area contributed by atoms with Crippen LogP contribution in [0.15, 0.2) is 30.3 Å². The van der Waals surface area contributed by atoms with E-state index in [0.717, 1.165) is 25.9 Å². The second-order valence-electron chi connectivity index (χ2n) is 4.62. The summed E-state index contributed by atoms with van der Waals surface area (Å²) < 4.78 is 0. The van der Waals surface area contributed by atoms with Crippen LogP contribution in [0.2, 0.25) is 0 Å². The van der Waals surface area contributed by atoms with Crippen LogP contribution in [-0.2, 0) is 4.79 Å². The van der Waals surface area contributed by atoms with Gasteiger partial charge < -0.3 is 10.6 Å². The minimum absolute atomic E-state index is 0.161. The molecule has 1 amide bonds. The fourth-order valence-electron chi connectivity index (χ4n) is 2.06. The summed E-state index contributed by atoms with van der Waals surface area (Å²) in [5.41, 5.74) is 1.20. The van der Waals surface area contributed by atoms with Gasteiger partial charge in [0.25, 0.3) is 0 Å². The molecule has 0 bridgehead atoms. The maximum atomic E-state index is 11.9. The van der Waals surface area contributed by atoms with Gasteiger partial charge in [0.2, 0.25) is 5.91 Å². The molecule has 92 valence electrons. The Morgan fingerprint density at radius 1 is 1.41 bits per heavy atom. The summed E-state index contributed by atoms with van der Waals surface area (Å²) in [7, 11) is 0. The molecular weight excluding hydrogens is 212 g/mol. The lowest BCUT2D eigenvalue weighted by Gasteiger charge is -2.28. The first-order valence-electron chi connectivity index (χ1n) is 6.37. The number of benzene rings is 1. The first kappa shape index (κ1) is 12.1. The molecule has 0 radical (unpaired) electrons. The highest BCUT2D eigenvalue weighted by molar-refractivity contribution is 5.80. The third-order valence-corrected chi connectivity index (χ3v) is 3.25. The highest BCUT2D eigenvalue weighted by Gasteiger charge is 2.26. The van der Waals surface area contributed by atoms with Crippen LogP contribution in [-0.4, -0.2) is 19.0 Å². The number of hydrogen-bond acceptors (Lipinski definition) is 2. The minimum atomic E-state index is 0.161. The van der Waals surface area contributed by atoms with Gasteiger partial charge in [0, 0.05) is 13.1 Å². The first-order valence-corrected chi connectivity index (χ1v) is 6.37. The fourth-order valence-corrected chi connectivity index (χ4v) is 2.06. The molecular formula is C14H20N2O. The fraction of sp³-hybridized carbons (Fsp3) is 0.500. The van der Waals surface area contributed by atoms with Crippen molar-refractivity contribution in [3.8, 4) is 0 Å². The summed E-state index contributed by atoms with van der Waals surface area (Å²) in [6, 6.07) is 10.4. The van der Waals surface area contributed by atoms with Crippen LogP contribution in [0.5, 0.6) is 0 Å². The number of carbonyl (C=O) groups excluding carboxylic acids is 1. The number of rotatable bonds is 5. The lowest BCUT2D eigenvalue weighted by molar-refractivity contribution is -0.127. The van der Waals surface area contributed by atoms with Crippen LogP contribution in [0.1, 0.15) is 31.4 Å². The van der Waals surface area contributed by atoms with Gasteiger partial charge in [0.15, 0.2) is 0 Å². The van der Waals surface area contributed by atoms with Crippen molar-refractivity contribution in [3.05, 3.63) is 35.9 Å². The average Bonchev–Trinajstić information content (AvgIpc) is 2.27. The number of nitrogens with one attached hydrogen (secondary N) is 2. The Morgan fingerprint density at radius 3 is 2.65 bits per heavy atom. The summed E-state index contributed by atoms with van der Waals surface area (Å²) in [5.74, 6) is 0.351. The second-order valence-corrected chi connectivity index (χ2v) is 4.62. The van der Waals surface area contributed by atoms with E-state index >= 15 is 0 Å². The van der Waals surface area contributed by atoms with Crippen LogP contribution in [0.3, 0.4) is 0 Å². The largest absolute Gasteiger partial charge is 0.349 e. The zero-order valence-electron chi connectivity index (χ0n) is 10.3. The van der Waals surface area contributed by atoms with E-state index in [4.69, 9.17) is 0 Å². The molecule has 1 saturated heterocycles. The molecule has 1 aromatic carbocycles. The molecule has 1 aliphatic heterocycles. The van der Waals surface area contributed by atoms with Gasteiger partial charge >= 0.3 is 0 Å². The Labute approximate surface area is 103 Å². The molecule has 0 aromatic heterocycles. The van der Waals surface area contributed by atoms with Gasteiger partial charge in [0.1, 0.15) is 0 Å². The Balaban J connectivity index is 1.99. The number of carbonyl (C=O) groups is 1. The molecule has 0 aliphatic carbocycles. The average molecular weight is 232 g/mol. The molecule has 17 heavy (non-hydrogen) atoms. The Kier molecular flexibility index (Phi) is 4.15. The van der Waals surface area contributed by atoms with E-state index in [1.165, 1.54) is 5.56 Å². The SMILES string of the molecule is CCC[C@H](NC(=O)C1CNC1)c1ccccc1. The molecule has 2 rings (SSSR count). The van der Waals surface area contributed by atoms with Gasteiger partial charge in [0.05, 0.1) is 12.0 Å². The molecule has 3 nitrogen and oxygen atoms in total. The molecule has 1 fully saturated rings. The van der Waals surface area contributed by atoms with Crippen molar-refractivity contribution in [2.75, 3.05) is 13.1 Å². The third-order valence-electron chi connectivity index (χ3n) is 3.25. The molecule has 1 atom stereocenters. The van der Waals surface area contributed by atoms with Crippen LogP contribution in [0.4, 0.5) is 0 Å². The molecule has 2 N–H and O–H groups in total. The van der Waals surface area contributed by atoms with Gasteiger partial charge in [-0.2, -0.15) is 0 Å². The molecule has 0 unspecified atom stereocenters. The highest BCUT2D eigenvalue weighted by Crippen LogP contribution is 2.19. The van der Waals surface area contributed by atoms with Crippen molar-refractivity contribution < 1.29 is 4.79 Å². The summed E-state index contributed by atoms with van der Waals surface area (Å²) in [4.78, 5) is 11.9. The summed E-state index contributed by atoms with van der Waals surface area (Å²) in [6.07, 6.45) is 2.07. The van der Waals surface area contributed by atoms with E-state index in [-0.39, 0.29) is 17.9 Å². The molecule has 3 heteroatoms. The smallest absolute Gasteiger partial charge is 0.226 e. The zero-order valence-corrected chi connectivity index (χ0v) is 10.3. The van der Waals surface area contributed by atoms with Crippen molar-refractivity contribution in [2.45, 2.75) is 25.8 Å². The summed E-state index contributed by atoms with van der Waals surface area (Å²) >= 11 is 0. The van der Waals surface area contributed by atoms with Crippen LogP contribution < -0.4 is 10.6 Å². The van der Waals surface area contributed by atoms with Crippen molar-refractivity contribution >= 4 is 5.91 Å². The zero-order chi connectivity index (χ0) is 12.1. The predicted octanol–water partition coefficient (Wildman–Crippen LogP) is 1.86. The van der Waals surface area contributed by atoms with Gasteiger partial charge in [-0.05, 0) is 12.0 Å². The second kappa shape index (κ2) is 5.82. The maximum Gasteiger partial charge on any atom is 0.226 e. The lowest BCUT2D eigenvalue weighted by Crippen LogP contribution is -2.51. The van der Waals surface area contributed by atoms with Gasteiger partial charge in [-0.3, -0.25) is 4.79 Å². The van der Waals surface area contributed by atoms with E-state index in [0.29, 0.717) is 0 Å². The molecule has 0 saturated carbocycles. The van der Waals surface area contributed by atoms with Crippen molar-refractivity contribution in [1.82, 2.24) is 10.6 Å². The van der Waals surface area contributed by atoms with E-state index in [1.807, 2.05) is 18.2 Å². The van der Waals surface area contributed by atoms with Crippen LogP contribution in [0, 0.1) is 5.92 Å². The predicted molar refractivity (Wildman–Crippen MR) is 68.6 cm³/mol. The molecule has 1 heterocycles. The quantitative estimate of drug-likeness (QED) is 0.813. The van der Waals surface area contributed by atoms with Crippen LogP contribution >= 0.6 is 0 Å². The lowest BCUT2D eigenvalue weighted by atomic mass is 9.98. The Bertz CT molecular complexity index is 360. The first-order chi connectivity index (χ1) is 8.31. The van der Waals surface area contributed by atoms with Gasteiger partial charge in [-0.15, -0.1) is 0 Å². The maximum absolute atomic E-state index is 11.9. The normalized spacial score (nSPS) is 17.2. The van der Waals surface area contributed by atoms with E-state index in [1.54, 1.807) is 0 Å². The minimum Gasteiger partial charge on any atom is -0.349 e. The summed E-state index contributed by atoms with van der Waals surface area (Å²) in [5, 5.41) is 6.28. The Morgan fingerprint density at radius 2 is 2.12 bits per heavy atom. The molecule has 1 aliphatic rings. The van der Waals surface area contributed by atoms with Crippen molar-refractivity contribution in [1.29, 1.82) is 0 Å². The van der Waals surface area contributed by atoms with Crippen molar-refractivity contribution in [2.24, 2.45) is 5.92 Å². The van der Waals surface area contributed by atoms with Gasteiger partial charge in [-0.25, -0.2) is 0 Å². The van der Waals surface area contributed by atoms with Crippen molar-refractivity contribution in [3.63, 3.8) is 0 Å². The highest BCUT2D eigenvalue weighted by atomic mass is 16.2. The van der Waals surface area contributed by atoms with E-state index in [2.05, 4.69) is 29.7 Å². The van der Waals surface area contributed by atoms with E-state index < -0.39 is 0 Å². The monoisotopic (exact) mass is 232 g/mol. The number of amides is 1. The van der Waals surface area contributed by atoms with Crippen LogP contribution in [0.25, 0.3) is 0 Å². The standard InChI is InChI=1S/C14H20N2O/c1-2-6-13(11-7-4-3-5-8-11)16-14(17)12-9-15-10-12/h3-5,7-8,12-13,15H,2,6,9-10H2,1H3,(H,16,17)/t13-/m0/s1. The number of hydrogen-bond donors (Lipinski definition) is 2. The van der Waals surface area contributed by atoms with Gasteiger partial charge in [-0.1, -0.05) is 43.7 Å². The van der Waals surface area contributed by atoms with E-state index in [9.17, 15) is 4.79 Å². The third kappa shape index (κ3) is 3.07.